The van der Waals surface area contributed by atoms with Crippen molar-refractivity contribution in [3.63, 3.8) is 0 Å². The number of hydrogen-bond acceptors (Lipinski definition) is 3. The van der Waals surface area contributed by atoms with E-state index >= 15 is 0 Å². The van der Waals surface area contributed by atoms with Gasteiger partial charge in [0.1, 0.15) is 0 Å². The number of anilines is 2. The highest BCUT2D eigenvalue weighted by Crippen LogP contribution is 2.20. The van der Waals surface area contributed by atoms with Crippen molar-refractivity contribution in [2.75, 3.05) is 10.6 Å². The molecule has 0 fully saturated rings. The lowest BCUT2D eigenvalue weighted by Crippen LogP contribution is -2.20. The molecule has 0 unspecified atom stereocenters. The van der Waals surface area contributed by atoms with Crippen LogP contribution in [0.4, 0.5) is 29.3 Å². The molecule has 0 aliphatic carbocycles. The standard InChI is InChI=1S/C13H9F3N2O4S/c14-9-5-6-10(12(16)11(9)15)18-13(19)17-7-1-3-8(4-2-7)23(20,21)22/h1-6H,(H2,17,18,19)(H,20,21,22). The Morgan fingerprint density at radius 2 is 1.52 bits per heavy atom. The Balaban J connectivity index is 2.10. The molecule has 0 aliphatic heterocycles. The zero-order chi connectivity index (χ0) is 17.2. The van der Waals surface area contributed by atoms with Gasteiger partial charge in [0, 0.05) is 5.69 Å². The molecule has 0 heterocycles. The van der Waals surface area contributed by atoms with Crippen molar-refractivity contribution in [2.45, 2.75) is 4.90 Å². The summed E-state index contributed by atoms with van der Waals surface area (Å²) in [4.78, 5) is 11.3. The fourth-order valence-electron chi connectivity index (χ4n) is 1.62. The minimum absolute atomic E-state index is 0.123. The van der Waals surface area contributed by atoms with E-state index in [1.165, 1.54) is 12.1 Å². The summed E-state index contributed by atoms with van der Waals surface area (Å²) in [6, 6.07) is 4.93. The van der Waals surface area contributed by atoms with Gasteiger partial charge < -0.3 is 10.6 Å². The molecule has 6 nitrogen and oxygen atoms in total. The van der Waals surface area contributed by atoms with Gasteiger partial charge in [0.15, 0.2) is 17.5 Å². The van der Waals surface area contributed by atoms with Gasteiger partial charge in [0.05, 0.1) is 10.6 Å². The van der Waals surface area contributed by atoms with Crippen molar-refractivity contribution in [2.24, 2.45) is 0 Å². The third-order valence-electron chi connectivity index (χ3n) is 2.69. The molecule has 0 saturated heterocycles. The van der Waals surface area contributed by atoms with E-state index in [1.54, 1.807) is 0 Å². The topological polar surface area (TPSA) is 95.5 Å². The van der Waals surface area contributed by atoms with Crippen LogP contribution in [0.2, 0.25) is 0 Å². The monoisotopic (exact) mass is 346 g/mol. The normalized spacial score (nSPS) is 11.1. The lowest BCUT2D eigenvalue weighted by atomic mass is 10.3. The lowest BCUT2D eigenvalue weighted by Gasteiger charge is -2.09. The Labute approximate surface area is 128 Å². The first kappa shape index (κ1) is 16.8. The molecular weight excluding hydrogens is 337 g/mol. The van der Waals surface area contributed by atoms with Gasteiger partial charge in [-0.05, 0) is 36.4 Å². The summed E-state index contributed by atoms with van der Waals surface area (Å²) in [6.07, 6.45) is 0. The number of halogens is 3. The van der Waals surface area contributed by atoms with Gasteiger partial charge in [0.2, 0.25) is 0 Å². The van der Waals surface area contributed by atoms with Crippen LogP contribution in [0.15, 0.2) is 41.3 Å². The maximum atomic E-state index is 13.4. The van der Waals surface area contributed by atoms with E-state index < -0.39 is 39.3 Å². The summed E-state index contributed by atoms with van der Waals surface area (Å²) in [5.41, 5.74) is -0.450. The maximum Gasteiger partial charge on any atom is 0.323 e. The summed E-state index contributed by atoms with van der Waals surface area (Å²) in [7, 11) is -4.37. The second kappa shape index (κ2) is 6.26. The van der Waals surface area contributed by atoms with Crippen LogP contribution in [0.3, 0.4) is 0 Å². The van der Waals surface area contributed by atoms with Crippen LogP contribution in [-0.2, 0) is 10.1 Å². The van der Waals surface area contributed by atoms with Crippen molar-refractivity contribution < 1.29 is 30.9 Å². The molecule has 0 saturated carbocycles. The summed E-state index contributed by atoms with van der Waals surface area (Å²) < 4.78 is 69.7. The molecule has 0 aromatic heterocycles. The van der Waals surface area contributed by atoms with E-state index in [9.17, 15) is 26.4 Å². The lowest BCUT2D eigenvalue weighted by molar-refractivity contribution is 0.262. The number of carbonyl (C=O) groups is 1. The van der Waals surface area contributed by atoms with Gasteiger partial charge in [-0.1, -0.05) is 0 Å². The molecule has 0 bridgehead atoms. The number of urea groups is 1. The zero-order valence-electron chi connectivity index (χ0n) is 11.2. The molecule has 2 amide bonds. The van der Waals surface area contributed by atoms with Crippen LogP contribution in [-0.4, -0.2) is 19.0 Å². The van der Waals surface area contributed by atoms with Crippen LogP contribution >= 0.6 is 0 Å². The van der Waals surface area contributed by atoms with Crippen molar-refractivity contribution >= 4 is 27.5 Å². The highest BCUT2D eigenvalue weighted by atomic mass is 32.2. The second-order valence-corrected chi connectivity index (χ2v) is 5.72. The molecule has 2 aromatic rings. The number of hydrogen-bond donors (Lipinski definition) is 3. The molecule has 0 atom stereocenters. The van der Waals surface area contributed by atoms with Crippen LogP contribution in [0.5, 0.6) is 0 Å². The Bertz CT molecular complexity index is 854. The van der Waals surface area contributed by atoms with Crippen LogP contribution < -0.4 is 10.6 Å². The number of amides is 2. The van der Waals surface area contributed by atoms with Crippen LogP contribution in [0, 0.1) is 17.5 Å². The zero-order valence-corrected chi connectivity index (χ0v) is 12.0. The molecule has 10 heteroatoms. The molecule has 0 aliphatic rings. The number of nitrogens with one attached hydrogen (secondary N) is 2. The summed E-state index contributed by atoms with van der Waals surface area (Å²) in [5, 5.41) is 4.19. The third-order valence-corrected chi connectivity index (χ3v) is 3.56. The predicted molar refractivity (Wildman–Crippen MR) is 75.2 cm³/mol. The largest absolute Gasteiger partial charge is 0.323 e. The van der Waals surface area contributed by atoms with Crippen molar-refractivity contribution in [3.05, 3.63) is 53.8 Å². The smallest absolute Gasteiger partial charge is 0.308 e. The average molecular weight is 346 g/mol. The number of carbonyl (C=O) groups excluding carboxylic acids is 1. The van der Waals surface area contributed by atoms with E-state index in [1.807, 2.05) is 5.32 Å². The molecule has 2 aromatic carbocycles. The molecule has 2 rings (SSSR count). The summed E-state index contributed by atoms with van der Waals surface area (Å²) in [6.45, 7) is 0. The van der Waals surface area contributed by atoms with Crippen LogP contribution in [0.25, 0.3) is 0 Å². The number of rotatable bonds is 3. The van der Waals surface area contributed by atoms with Gasteiger partial charge in [0.25, 0.3) is 10.1 Å². The second-order valence-electron chi connectivity index (χ2n) is 4.30. The fraction of sp³-hybridized carbons (Fsp3) is 0. The SMILES string of the molecule is O=C(Nc1ccc(S(=O)(=O)O)cc1)Nc1ccc(F)c(F)c1F. The van der Waals surface area contributed by atoms with E-state index in [0.717, 1.165) is 18.2 Å². The van der Waals surface area contributed by atoms with E-state index in [4.69, 9.17) is 4.55 Å². The third kappa shape index (κ3) is 3.99. The van der Waals surface area contributed by atoms with Gasteiger partial charge >= 0.3 is 6.03 Å². The molecule has 122 valence electrons. The van der Waals surface area contributed by atoms with E-state index in [2.05, 4.69) is 5.32 Å². The Hall–Kier alpha value is -2.59. The first-order chi connectivity index (χ1) is 10.7. The molecule has 0 radical (unpaired) electrons. The van der Waals surface area contributed by atoms with Crippen molar-refractivity contribution in [1.29, 1.82) is 0 Å². The fourth-order valence-corrected chi connectivity index (χ4v) is 2.10. The predicted octanol–water partition coefficient (Wildman–Crippen LogP) is 2.99. The quantitative estimate of drug-likeness (QED) is 0.588. The van der Waals surface area contributed by atoms with E-state index in [-0.39, 0.29) is 10.6 Å². The Kier molecular flexibility index (Phi) is 4.57. The molecule has 3 N–H and O–H groups in total. The highest BCUT2D eigenvalue weighted by molar-refractivity contribution is 7.85. The average Bonchev–Trinajstić information content (AvgIpc) is 2.47. The Morgan fingerprint density at radius 1 is 0.913 bits per heavy atom. The maximum absolute atomic E-state index is 13.4. The summed E-state index contributed by atoms with van der Waals surface area (Å²) >= 11 is 0. The van der Waals surface area contributed by atoms with Gasteiger partial charge in [-0.15, -0.1) is 0 Å². The Morgan fingerprint density at radius 3 is 2.09 bits per heavy atom. The van der Waals surface area contributed by atoms with Crippen LogP contribution in [0.1, 0.15) is 0 Å². The minimum Gasteiger partial charge on any atom is -0.308 e. The number of benzene rings is 2. The first-order valence-corrected chi connectivity index (χ1v) is 7.41. The highest BCUT2D eigenvalue weighted by Gasteiger charge is 2.15. The molecular formula is C13H9F3N2O4S. The molecule has 23 heavy (non-hydrogen) atoms. The first-order valence-electron chi connectivity index (χ1n) is 5.97. The molecule has 0 spiro atoms. The van der Waals surface area contributed by atoms with Gasteiger partial charge in [-0.25, -0.2) is 18.0 Å². The van der Waals surface area contributed by atoms with Crippen molar-refractivity contribution in [1.82, 2.24) is 0 Å². The summed E-state index contributed by atoms with van der Waals surface area (Å²) in [5.74, 6) is -4.67. The van der Waals surface area contributed by atoms with Gasteiger partial charge in [-0.2, -0.15) is 8.42 Å². The minimum atomic E-state index is -4.37. The van der Waals surface area contributed by atoms with Crippen molar-refractivity contribution in [3.8, 4) is 0 Å². The van der Waals surface area contributed by atoms with E-state index in [0.29, 0.717) is 6.07 Å². The van der Waals surface area contributed by atoms with Gasteiger partial charge in [-0.3, -0.25) is 4.55 Å².